The number of aromatic nitrogens is 2. The summed E-state index contributed by atoms with van der Waals surface area (Å²) in [6, 6.07) is 0.675. The van der Waals surface area contributed by atoms with Gasteiger partial charge in [-0.15, -0.1) is 0 Å². The van der Waals surface area contributed by atoms with E-state index in [1.54, 1.807) is 0 Å². The molecule has 0 spiro atoms. The summed E-state index contributed by atoms with van der Waals surface area (Å²) in [5.74, 6) is -5.26. The second-order valence-electron chi connectivity index (χ2n) is 10.7. The summed E-state index contributed by atoms with van der Waals surface area (Å²) in [5.41, 5.74) is -2.27. The highest BCUT2D eigenvalue weighted by atomic mass is 19.4. The summed E-state index contributed by atoms with van der Waals surface area (Å²) in [5, 5.41) is 10.1. The monoisotopic (exact) mass is 630 g/mol. The van der Waals surface area contributed by atoms with Crippen LogP contribution in [0.4, 0.5) is 29.2 Å². The fraction of sp³-hybridized carbons (Fsp3) is 0.586. The number of methoxy groups -OCH3 is 3. The molecule has 3 rings (SSSR count). The molecular formula is C29H38F4N4O7. The van der Waals surface area contributed by atoms with E-state index in [1.807, 2.05) is 0 Å². The summed E-state index contributed by atoms with van der Waals surface area (Å²) in [7, 11) is 5.74. The summed E-state index contributed by atoms with van der Waals surface area (Å²) in [4.78, 5) is 36.5. The number of carbonyl (C=O) groups excluding carboxylic acids is 1. The Bertz CT molecular complexity index is 1280. The molecule has 1 N–H and O–H groups in total. The molecule has 0 aliphatic heterocycles. The predicted molar refractivity (Wildman–Crippen MR) is 152 cm³/mol. The van der Waals surface area contributed by atoms with Gasteiger partial charge in [0, 0.05) is 59.2 Å². The number of aromatic carboxylic acids is 1. The van der Waals surface area contributed by atoms with E-state index in [9.17, 15) is 27.9 Å². The molecule has 0 unspecified atom stereocenters. The summed E-state index contributed by atoms with van der Waals surface area (Å²) < 4.78 is 78.1. The minimum Gasteiger partial charge on any atom is -0.478 e. The van der Waals surface area contributed by atoms with E-state index < -0.39 is 58.6 Å². The summed E-state index contributed by atoms with van der Waals surface area (Å²) >= 11 is 0. The zero-order chi connectivity index (χ0) is 32.6. The minimum atomic E-state index is -4.97. The van der Waals surface area contributed by atoms with Crippen LogP contribution in [-0.4, -0.2) is 87.7 Å². The Hall–Kier alpha value is -3.56. The number of carboxylic acid groups (broad SMARTS) is 1. The van der Waals surface area contributed by atoms with E-state index >= 15 is 4.39 Å². The molecule has 1 aliphatic carbocycles. The minimum absolute atomic E-state index is 0.0587. The van der Waals surface area contributed by atoms with Crippen molar-refractivity contribution in [1.29, 1.82) is 0 Å². The van der Waals surface area contributed by atoms with Crippen molar-refractivity contribution in [2.24, 2.45) is 11.8 Å². The number of amides is 1. The number of nitrogens with zero attached hydrogens (tertiary/aromatic N) is 4. The maximum Gasteiger partial charge on any atom is 0.423 e. The Kier molecular flexibility index (Phi) is 12.3. The summed E-state index contributed by atoms with van der Waals surface area (Å²) in [6.45, 7) is 2.41. The first-order valence-electron chi connectivity index (χ1n) is 14.0. The first-order chi connectivity index (χ1) is 20.8. The van der Waals surface area contributed by atoms with Crippen LogP contribution in [0.5, 0.6) is 11.6 Å². The molecule has 1 aromatic heterocycles. The van der Waals surface area contributed by atoms with Crippen LogP contribution in [0.25, 0.3) is 0 Å². The molecule has 1 saturated carbocycles. The molecule has 0 bridgehead atoms. The first-order valence-corrected chi connectivity index (χ1v) is 14.0. The van der Waals surface area contributed by atoms with Crippen LogP contribution in [0, 0.1) is 17.7 Å². The van der Waals surface area contributed by atoms with Gasteiger partial charge in [0.25, 0.3) is 0 Å². The molecule has 244 valence electrons. The van der Waals surface area contributed by atoms with Crippen molar-refractivity contribution >= 4 is 23.5 Å². The van der Waals surface area contributed by atoms with E-state index in [2.05, 4.69) is 16.9 Å². The average Bonchev–Trinajstić information content (AvgIpc) is 2.97. The Balaban J connectivity index is 2.13. The third-order valence-corrected chi connectivity index (χ3v) is 7.45. The molecule has 15 heteroatoms. The second kappa shape index (κ2) is 15.4. The SMILES string of the molecule is COCCN(C)c1ncc(C(F)(F)F)c(Oc2cc(C(=O)O)c(N(C(=O)[C@H]3CC[C@H](C)CC3)C(COC)COC)cc2F)n1. The fourth-order valence-corrected chi connectivity index (χ4v) is 5.02. The lowest BCUT2D eigenvalue weighted by molar-refractivity contribution is -0.139. The molecule has 2 aromatic rings. The molecule has 1 heterocycles. The highest BCUT2D eigenvalue weighted by molar-refractivity contribution is 6.03. The number of hydrogen-bond acceptors (Lipinski definition) is 9. The largest absolute Gasteiger partial charge is 0.478 e. The van der Waals surface area contributed by atoms with Crippen LogP contribution in [0.15, 0.2) is 18.3 Å². The van der Waals surface area contributed by atoms with E-state index in [0.29, 0.717) is 25.0 Å². The lowest BCUT2D eigenvalue weighted by Gasteiger charge is -2.36. The Morgan fingerprint density at radius 1 is 1.07 bits per heavy atom. The molecule has 0 radical (unpaired) electrons. The Labute approximate surface area is 253 Å². The lowest BCUT2D eigenvalue weighted by Crippen LogP contribution is -2.49. The van der Waals surface area contributed by atoms with Crippen LogP contribution < -0.4 is 14.5 Å². The van der Waals surface area contributed by atoms with Crippen LogP contribution in [-0.2, 0) is 25.2 Å². The van der Waals surface area contributed by atoms with Gasteiger partial charge in [-0.25, -0.2) is 14.2 Å². The van der Waals surface area contributed by atoms with Gasteiger partial charge in [-0.1, -0.05) is 6.92 Å². The van der Waals surface area contributed by atoms with E-state index in [-0.39, 0.29) is 38.0 Å². The van der Waals surface area contributed by atoms with Gasteiger partial charge < -0.3 is 33.9 Å². The van der Waals surface area contributed by atoms with Gasteiger partial charge in [0.1, 0.15) is 5.56 Å². The molecule has 0 saturated heterocycles. The molecule has 11 nitrogen and oxygen atoms in total. The van der Waals surface area contributed by atoms with Crippen molar-refractivity contribution < 1.29 is 51.2 Å². The maximum absolute atomic E-state index is 15.7. The number of anilines is 2. The Morgan fingerprint density at radius 3 is 2.25 bits per heavy atom. The number of alkyl halides is 3. The molecule has 44 heavy (non-hydrogen) atoms. The van der Waals surface area contributed by atoms with Gasteiger partial charge in [-0.05, 0) is 31.6 Å². The molecule has 1 fully saturated rings. The topological polar surface area (TPSA) is 124 Å². The van der Waals surface area contributed by atoms with Gasteiger partial charge in [0.05, 0.1) is 37.1 Å². The standard InChI is InChI=1S/C29H38F4N4O7/c1-17-6-8-18(9-7-17)26(38)37(19(15-42-4)16-43-5)23-13-22(30)24(12-20(23)27(39)40)44-25-21(29(31,32)33)14-34-28(35-25)36(2)10-11-41-3/h12-14,17-19H,6-11,15-16H2,1-5H3,(H,39,40)/t17-,18-. The molecule has 1 aliphatic rings. The van der Waals surface area contributed by atoms with Gasteiger partial charge in [0.15, 0.2) is 11.6 Å². The van der Waals surface area contributed by atoms with Gasteiger partial charge in [0.2, 0.25) is 17.7 Å². The van der Waals surface area contributed by atoms with Crippen molar-refractivity contribution in [2.45, 2.75) is 44.8 Å². The van der Waals surface area contributed by atoms with Crippen LogP contribution in [0.3, 0.4) is 0 Å². The van der Waals surface area contributed by atoms with E-state index in [1.165, 1.54) is 38.2 Å². The predicted octanol–water partition coefficient (Wildman–Crippen LogP) is 5.03. The molecular weight excluding hydrogens is 592 g/mol. The number of likely N-dealkylation sites (N-methyl/N-ethyl adjacent to an activating group) is 1. The second-order valence-corrected chi connectivity index (χ2v) is 10.7. The number of carboxylic acids is 1. The highest BCUT2D eigenvalue weighted by Crippen LogP contribution is 2.40. The Morgan fingerprint density at radius 2 is 1.70 bits per heavy atom. The molecule has 1 aromatic carbocycles. The third-order valence-electron chi connectivity index (χ3n) is 7.45. The van der Waals surface area contributed by atoms with Gasteiger partial charge in [-0.3, -0.25) is 4.79 Å². The highest BCUT2D eigenvalue weighted by Gasteiger charge is 2.38. The number of rotatable bonds is 14. The van der Waals surface area contributed by atoms with Crippen LogP contribution >= 0.6 is 0 Å². The van der Waals surface area contributed by atoms with Crippen molar-refractivity contribution in [3.8, 4) is 11.6 Å². The zero-order valence-electron chi connectivity index (χ0n) is 25.3. The average molecular weight is 631 g/mol. The number of benzene rings is 1. The lowest BCUT2D eigenvalue weighted by atomic mass is 9.82. The zero-order valence-corrected chi connectivity index (χ0v) is 25.3. The number of ether oxygens (including phenoxy) is 4. The maximum atomic E-state index is 15.7. The van der Waals surface area contributed by atoms with Crippen molar-refractivity contribution in [1.82, 2.24) is 9.97 Å². The molecule has 0 atom stereocenters. The van der Waals surface area contributed by atoms with E-state index in [4.69, 9.17) is 18.9 Å². The van der Waals surface area contributed by atoms with Gasteiger partial charge in [-0.2, -0.15) is 18.2 Å². The van der Waals surface area contributed by atoms with Crippen LogP contribution in [0.2, 0.25) is 0 Å². The number of halogens is 4. The smallest absolute Gasteiger partial charge is 0.423 e. The number of hydrogen-bond donors (Lipinski definition) is 1. The van der Waals surface area contributed by atoms with E-state index in [0.717, 1.165) is 25.0 Å². The van der Waals surface area contributed by atoms with Crippen molar-refractivity contribution in [3.05, 3.63) is 35.3 Å². The van der Waals surface area contributed by atoms with Gasteiger partial charge >= 0.3 is 12.1 Å². The van der Waals surface area contributed by atoms with Crippen molar-refractivity contribution in [2.75, 3.05) is 64.5 Å². The third kappa shape index (κ3) is 8.54. The first kappa shape index (κ1) is 34.9. The quantitative estimate of drug-likeness (QED) is 0.285. The number of carbonyl (C=O) groups is 2. The molecule has 1 amide bonds. The summed E-state index contributed by atoms with van der Waals surface area (Å²) in [6.07, 6.45) is -1.77. The van der Waals surface area contributed by atoms with Crippen molar-refractivity contribution in [3.63, 3.8) is 0 Å². The fourth-order valence-electron chi connectivity index (χ4n) is 5.02. The normalized spacial score (nSPS) is 17.0. The van der Waals surface area contributed by atoms with Crippen LogP contribution in [0.1, 0.15) is 48.5 Å².